The first kappa shape index (κ1) is 22.7. The van der Waals surface area contributed by atoms with E-state index in [1.165, 1.54) is 12.1 Å². The van der Waals surface area contributed by atoms with Crippen molar-refractivity contribution >= 4 is 35.1 Å². The summed E-state index contributed by atoms with van der Waals surface area (Å²) in [6.45, 7) is 0. The zero-order valence-corrected chi connectivity index (χ0v) is 19.6. The van der Waals surface area contributed by atoms with E-state index < -0.39 is 50.5 Å². The molecule has 1 aromatic carbocycles. The van der Waals surface area contributed by atoms with Gasteiger partial charge in [0.25, 0.3) is 0 Å². The van der Waals surface area contributed by atoms with Crippen LogP contribution in [0.4, 0.5) is 8.78 Å². The summed E-state index contributed by atoms with van der Waals surface area (Å²) < 4.78 is 38.1. The van der Waals surface area contributed by atoms with Gasteiger partial charge in [0.2, 0.25) is 0 Å². The Morgan fingerprint density at radius 3 is 2.81 bits per heavy atom. The molecule has 9 heteroatoms. The van der Waals surface area contributed by atoms with E-state index in [1.54, 1.807) is 0 Å². The summed E-state index contributed by atoms with van der Waals surface area (Å²) in [5.41, 5.74) is 6.90. The topological polar surface area (TPSA) is 85.3 Å². The molecule has 5 nitrogen and oxygen atoms in total. The minimum absolute atomic E-state index is 0.173. The van der Waals surface area contributed by atoms with Crippen molar-refractivity contribution in [2.75, 3.05) is 5.75 Å². The second-order valence-corrected chi connectivity index (χ2v) is 9.65. The van der Waals surface area contributed by atoms with Gasteiger partial charge in [-0.15, -0.1) is 0 Å². The minimum atomic E-state index is -1.24. The van der Waals surface area contributed by atoms with E-state index in [-0.39, 0.29) is 11.5 Å². The number of fused-ring (bicyclic) bond motifs is 2. The molecule has 1 heterocycles. The summed E-state index contributed by atoms with van der Waals surface area (Å²) in [5.74, 6) is -1.46. The Kier molecular flexibility index (Phi) is 6.77. The summed E-state index contributed by atoms with van der Waals surface area (Å²) in [5, 5.41) is 0.442. The normalized spacial score (nSPS) is 14.6. The summed E-state index contributed by atoms with van der Waals surface area (Å²) >= 11 is 2.75. The van der Waals surface area contributed by atoms with Crippen LogP contribution in [0.5, 0.6) is 0 Å². The van der Waals surface area contributed by atoms with Crippen molar-refractivity contribution in [3.8, 4) is 11.3 Å². The molecule has 0 bridgehead atoms. The van der Waals surface area contributed by atoms with Crippen molar-refractivity contribution in [3.05, 3.63) is 85.6 Å². The van der Waals surface area contributed by atoms with Crippen LogP contribution in [0.25, 0.3) is 27.9 Å². The monoisotopic (exact) mass is 567 g/mol. The number of nitrogens with two attached hydrogens (primary N) is 1. The Bertz CT molecular complexity index is 1330. The number of carbonyl (C=O) groups excluding carboxylic acids is 1. The molecule has 0 aromatic heterocycles. The summed E-state index contributed by atoms with van der Waals surface area (Å²) in [6, 6.07) is 4.28. The maximum absolute atomic E-state index is 15.0. The molecular weight excluding hydrogens is 549 g/mol. The van der Waals surface area contributed by atoms with Crippen molar-refractivity contribution in [1.82, 2.24) is 3.53 Å². The molecule has 3 N–H and O–H groups in total. The van der Waals surface area contributed by atoms with Crippen LogP contribution in [-0.4, -0.2) is 17.7 Å². The van der Waals surface area contributed by atoms with Crippen LogP contribution in [-0.2, 0) is 4.79 Å². The van der Waals surface area contributed by atoms with Crippen LogP contribution in [0.2, 0.25) is 0 Å². The predicted molar refractivity (Wildman–Crippen MR) is 119 cm³/mol. The molecule has 1 amide bonds. The summed E-state index contributed by atoms with van der Waals surface area (Å²) in [7, 11) is 0. The van der Waals surface area contributed by atoms with Crippen molar-refractivity contribution in [2.45, 2.75) is 12.5 Å². The van der Waals surface area contributed by atoms with Gasteiger partial charge in [-0.2, -0.15) is 0 Å². The van der Waals surface area contributed by atoms with Gasteiger partial charge in [-0.05, 0) is 0 Å². The van der Waals surface area contributed by atoms with Gasteiger partial charge in [-0.1, -0.05) is 0 Å². The molecule has 1 atom stereocenters. The van der Waals surface area contributed by atoms with E-state index in [9.17, 15) is 14.0 Å². The maximum atomic E-state index is 15.0. The SMILES string of the molecule is NC(CS)C(=O)N[I-]c1cc2oc3cc(=O)c(F)cc-3c(C3=CCC=CC=C3)c2cc1F. The van der Waals surface area contributed by atoms with Crippen molar-refractivity contribution in [2.24, 2.45) is 5.73 Å². The Labute approximate surface area is 198 Å². The fourth-order valence-electron chi connectivity index (χ4n) is 3.29. The van der Waals surface area contributed by atoms with Gasteiger partial charge in [0, 0.05) is 0 Å². The molecule has 1 aromatic rings. The number of allylic oxidation sites excluding steroid dienone is 6. The number of thiol groups is 1. The zero-order valence-electron chi connectivity index (χ0n) is 16.6. The van der Waals surface area contributed by atoms with Crippen molar-refractivity contribution in [3.63, 3.8) is 0 Å². The number of nitrogens with one attached hydrogen (secondary N) is 1. The van der Waals surface area contributed by atoms with Crippen LogP contribution in [0.3, 0.4) is 0 Å². The molecule has 2 aliphatic carbocycles. The number of amides is 1. The van der Waals surface area contributed by atoms with Gasteiger partial charge in [0.15, 0.2) is 0 Å². The zero-order chi connectivity index (χ0) is 22.8. The van der Waals surface area contributed by atoms with Gasteiger partial charge in [-0.25, -0.2) is 0 Å². The molecule has 1 unspecified atom stereocenters. The number of hydrogen-bond acceptors (Lipinski definition) is 5. The Morgan fingerprint density at radius 1 is 1.22 bits per heavy atom. The van der Waals surface area contributed by atoms with Crippen LogP contribution in [0.1, 0.15) is 12.0 Å². The first-order valence-corrected chi connectivity index (χ1v) is 12.4. The second-order valence-electron chi connectivity index (χ2n) is 7.04. The van der Waals surface area contributed by atoms with Crippen LogP contribution < -0.4 is 36.2 Å². The van der Waals surface area contributed by atoms with Crippen molar-refractivity contribution in [1.29, 1.82) is 0 Å². The third-order valence-electron chi connectivity index (χ3n) is 4.88. The standard InChI is InChI=1S/C23H18F2IN2O3S/c24-15-7-13-20(9-17(15)26-28-23(30)18(27)11-32)31-21-10-19(29)16(25)8-14(21)22(13)12-5-3-1-2-4-6-12/h1-3,5-10,18,32H,4,11,27H2,(H,28,30)/q-1. The van der Waals surface area contributed by atoms with Crippen LogP contribution >= 0.6 is 12.6 Å². The fraction of sp³-hybridized carbons (Fsp3) is 0.130. The van der Waals surface area contributed by atoms with Crippen molar-refractivity contribution < 1.29 is 39.5 Å². The molecule has 0 fully saturated rings. The van der Waals surface area contributed by atoms with E-state index >= 15 is 4.39 Å². The third kappa shape index (κ3) is 4.50. The molecule has 0 spiro atoms. The Hall–Kier alpha value is -2.50. The van der Waals surface area contributed by atoms with Gasteiger partial charge >= 0.3 is 199 Å². The van der Waals surface area contributed by atoms with Crippen LogP contribution in [0.15, 0.2) is 63.9 Å². The predicted octanol–water partition coefficient (Wildman–Crippen LogP) is 0.622. The molecule has 32 heavy (non-hydrogen) atoms. The Balaban J connectivity index is 1.90. The molecule has 1 aliphatic heterocycles. The van der Waals surface area contributed by atoms with E-state index in [1.807, 2.05) is 30.4 Å². The average molecular weight is 567 g/mol. The van der Waals surface area contributed by atoms with Crippen LogP contribution in [0, 0.1) is 15.2 Å². The van der Waals surface area contributed by atoms with Gasteiger partial charge in [0.05, 0.1) is 0 Å². The van der Waals surface area contributed by atoms with Gasteiger partial charge in [-0.3, -0.25) is 0 Å². The number of rotatable bonds is 5. The van der Waals surface area contributed by atoms with E-state index in [0.717, 1.165) is 17.7 Å². The Morgan fingerprint density at radius 2 is 2.03 bits per heavy atom. The molecule has 0 radical (unpaired) electrons. The quantitative estimate of drug-likeness (QED) is 0.183. The number of benzene rings is 2. The number of halogens is 3. The third-order valence-corrected chi connectivity index (χ3v) is 7.48. The second kappa shape index (κ2) is 9.55. The molecule has 4 rings (SSSR count). The van der Waals surface area contributed by atoms with Gasteiger partial charge in [0.1, 0.15) is 0 Å². The number of carbonyl (C=O) groups is 1. The summed E-state index contributed by atoms with van der Waals surface area (Å²) in [6.07, 6.45) is 10.1. The summed E-state index contributed by atoms with van der Waals surface area (Å²) in [4.78, 5) is 23.9. The molecular formula is C23H18F2IN2O3S-. The van der Waals surface area contributed by atoms with E-state index in [4.69, 9.17) is 10.2 Å². The van der Waals surface area contributed by atoms with E-state index in [2.05, 4.69) is 16.2 Å². The molecule has 166 valence electrons. The van der Waals surface area contributed by atoms with Gasteiger partial charge < -0.3 is 0 Å². The molecule has 3 aliphatic rings. The van der Waals surface area contributed by atoms with E-state index in [0.29, 0.717) is 32.1 Å². The molecule has 0 saturated carbocycles. The number of hydrogen-bond donors (Lipinski definition) is 3. The average Bonchev–Trinajstić information content (AvgIpc) is 3.06. The fourth-order valence-corrected chi connectivity index (χ4v) is 5.26. The first-order chi connectivity index (χ1) is 15.4. The molecule has 0 saturated heterocycles. The first-order valence-electron chi connectivity index (χ1n) is 9.62.